The van der Waals surface area contributed by atoms with Gasteiger partial charge in [-0.05, 0) is 10.4 Å². The zero-order valence-electron chi connectivity index (χ0n) is 7.13. The Kier molecular flexibility index (Phi) is 168. The monoisotopic (exact) mass is 726 g/mol. The molecular formula is C12H24Br4Sb2-4. The van der Waals surface area contributed by atoms with Crippen LogP contribution in [0.5, 0.6) is 0 Å². The molecule has 0 aliphatic heterocycles. The maximum absolute atomic E-state index is 3.76. The predicted molar refractivity (Wildman–Crippen MR) is 75.2 cm³/mol. The molecule has 0 aliphatic rings. The van der Waals surface area contributed by atoms with Crippen molar-refractivity contribution in [3.05, 3.63) is 34.7 Å². The molecule has 0 spiro atoms. The molecule has 0 fully saturated rings. The number of halogens is 4. The molecule has 114 valence electrons. The summed E-state index contributed by atoms with van der Waals surface area (Å²) < 4.78 is 0. The normalized spacial score (nSPS) is 4.00. The van der Waals surface area contributed by atoms with Gasteiger partial charge in [0.15, 0.2) is 0 Å². The van der Waals surface area contributed by atoms with E-state index in [9.17, 15) is 0 Å². The minimum Gasteiger partial charge on any atom is -1.00 e. The molecule has 1 rings (SSSR count). The van der Waals surface area contributed by atoms with E-state index in [1.165, 1.54) is 0 Å². The molecule has 0 bridgehead atoms. The first-order valence-corrected chi connectivity index (χ1v) is 2.53. The first-order valence-electron chi connectivity index (χ1n) is 2.53. The molecule has 1 aromatic carbocycles. The number of hydrogen-bond acceptors (Lipinski definition) is 0. The fourth-order valence-electron chi connectivity index (χ4n) is 0.557. The summed E-state index contributed by atoms with van der Waals surface area (Å²) in [6, 6.07) is 7.80. The van der Waals surface area contributed by atoms with Crippen molar-refractivity contribution in [1.29, 1.82) is 0 Å². The van der Waals surface area contributed by atoms with Gasteiger partial charge in [-0.2, -0.15) is 0 Å². The van der Waals surface area contributed by atoms with Gasteiger partial charge in [-0.1, -0.05) is 67.1 Å². The van der Waals surface area contributed by atoms with Crippen LogP contribution in [0.4, 0.5) is 0 Å². The van der Waals surface area contributed by atoms with Gasteiger partial charge in [0, 0.05) is 48.9 Å². The van der Waals surface area contributed by atoms with E-state index in [0.717, 1.165) is 10.4 Å². The van der Waals surface area contributed by atoms with Gasteiger partial charge in [-0.3, -0.25) is 0 Å². The molecule has 0 nitrogen and oxygen atoms in total. The van der Waals surface area contributed by atoms with Gasteiger partial charge in [-0.15, -0.1) is 0 Å². The summed E-state index contributed by atoms with van der Waals surface area (Å²) in [4.78, 5) is 0. The third kappa shape index (κ3) is 31.1. The summed E-state index contributed by atoms with van der Waals surface area (Å²) in [5.41, 5.74) is 0. The van der Waals surface area contributed by atoms with E-state index in [2.05, 4.69) is 13.2 Å². The summed E-state index contributed by atoms with van der Waals surface area (Å²) in [6.07, 6.45) is 0. The molecular weight excluding hydrogens is 707 g/mol. The van der Waals surface area contributed by atoms with Crippen LogP contribution in [0.3, 0.4) is 0 Å². The van der Waals surface area contributed by atoms with Crippen LogP contribution >= 0.6 is 0 Å². The van der Waals surface area contributed by atoms with Crippen molar-refractivity contribution in [3.63, 3.8) is 0 Å². The molecule has 0 unspecified atom stereocenters. The van der Waals surface area contributed by atoms with Gasteiger partial charge >= 0.3 is 0 Å². The van der Waals surface area contributed by atoms with Gasteiger partial charge in [0.1, 0.15) is 0 Å². The van der Waals surface area contributed by atoms with Crippen molar-refractivity contribution in [3.8, 4) is 0 Å². The van der Waals surface area contributed by atoms with Crippen LogP contribution in [0, 0.1) is 0 Å². The van der Waals surface area contributed by atoms with Gasteiger partial charge in [0.05, 0.1) is 0 Å². The topological polar surface area (TPSA) is 0 Å². The first-order chi connectivity index (χ1) is 3.80. The molecule has 0 aliphatic carbocycles. The van der Waals surface area contributed by atoms with Gasteiger partial charge < -0.3 is 67.9 Å². The van der Waals surface area contributed by atoms with Crippen LogP contribution in [-0.4, -0.2) is 48.9 Å². The zero-order chi connectivity index (χ0) is 5.98. The smallest absolute Gasteiger partial charge is 0 e. The molecule has 0 aromatic heterocycles. The molecule has 0 amide bonds. The standard InChI is InChI=1S/C8H8.4CH4.4BrH.2Sb/c1-7-5-3-4-6-8(7)2;;;;;;;;;;/h3-6H,1-2H2;4*1H4;4*1H;;/p-4. The maximum Gasteiger partial charge on any atom is 0 e. The van der Waals surface area contributed by atoms with E-state index in [-0.39, 0.29) is 146 Å². The third-order valence-electron chi connectivity index (χ3n) is 1.12. The fraction of sp³-hybridized carbons (Fsp3) is 0.333. The molecule has 18 heavy (non-hydrogen) atoms. The van der Waals surface area contributed by atoms with Crippen LogP contribution in [0.15, 0.2) is 24.3 Å². The van der Waals surface area contributed by atoms with Crippen molar-refractivity contribution < 1.29 is 67.9 Å². The second-order valence-electron chi connectivity index (χ2n) is 1.77. The van der Waals surface area contributed by atoms with E-state index >= 15 is 0 Å². The average molecular weight is 731 g/mol. The van der Waals surface area contributed by atoms with E-state index in [0.29, 0.717) is 0 Å². The Morgan fingerprint density at radius 2 is 0.722 bits per heavy atom. The second-order valence-corrected chi connectivity index (χ2v) is 1.77. The summed E-state index contributed by atoms with van der Waals surface area (Å²) in [5.74, 6) is 0. The number of benzene rings is 1. The zero-order valence-corrected chi connectivity index (χ0v) is 18.6. The summed E-state index contributed by atoms with van der Waals surface area (Å²) in [5, 5.41) is 2.01. The van der Waals surface area contributed by atoms with Crippen LogP contribution in [0.2, 0.25) is 0 Å². The molecule has 0 saturated carbocycles. The second kappa shape index (κ2) is 42.7. The summed E-state index contributed by atoms with van der Waals surface area (Å²) in [7, 11) is 0. The SMILES string of the molecule is C.C.C.C.C=c1ccccc1=C.[Br-].[Br-].[Br-].[Br-].[Sb].[Sb]. The Labute approximate surface area is 191 Å². The molecule has 0 heterocycles. The first kappa shape index (κ1) is 70.7. The predicted octanol–water partition coefficient (Wildman–Crippen LogP) is -9.69. The van der Waals surface area contributed by atoms with Crippen LogP contribution in [0.25, 0.3) is 13.2 Å². The van der Waals surface area contributed by atoms with E-state index < -0.39 is 0 Å². The molecule has 0 saturated heterocycles. The Morgan fingerprint density at radius 3 is 0.833 bits per heavy atom. The Morgan fingerprint density at radius 1 is 0.556 bits per heavy atom. The number of rotatable bonds is 0. The van der Waals surface area contributed by atoms with E-state index in [1.807, 2.05) is 24.3 Å². The van der Waals surface area contributed by atoms with Crippen LogP contribution in [-0.2, 0) is 0 Å². The van der Waals surface area contributed by atoms with Gasteiger partial charge in [-0.25, -0.2) is 0 Å². The summed E-state index contributed by atoms with van der Waals surface area (Å²) >= 11 is 0. The quantitative estimate of drug-likeness (QED) is 0.233. The molecule has 6 heteroatoms. The van der Waals surface area contributed by atoms with Crippen LogP contribution < -0.4 is 78.4 Å². The third-order valence-corrected chi connectivity index (χ3v) is 1.12. The van der Waals surface area contributed by atoms with Crippen molar-refractivity contribution in [2.24, 2.45) is 0 Å². The van der Waals surface area contributed by atoms with Gasteiger partial charge in [0.25, 0.3) is 0 Å². The molecule has 1 aromatic rings. The Hall–Kier alpha value is 2.52. The fourth-order valence-corrected chi connectivity index (χ4v) is 0.557. The van der Waals surface area contributed by atoms with Crippen LogP contribution in [0.1, 0.15) is 29.7 Å². The van der Waals surface area contributed by atoms with Crippen molar-refractivity contribution in [1.82, 2.24) is 0 Å². The van der Waals surface area contributed by atoms with Crippen molar-refractivity contribution in [2.75, 3.05) is 0 Å². The van der Waals surface area contributed by atoms with Crippen molar-refractivity contribution in [2.45, 2.75) is 29.7 Å². The largest absolute Gasteiger partial charge is 1.00 e. The molecule has 0 atom stereocenters. The summed E-state index contributed by atoms with van der Waals surface area (Å²) in [6.45, 7) is 7.52. The molecule has 6 radical (unpaired) electrons. The minimum absolute atomic E-state index is 0. The average Bonchev–Trinajstić information content (AvgIpc) is 1.77. The van der Waals surface area contributed by atoms with E-state index in [4.69, 9.17) is 0 Å². The Balaban J connectivity index is -0.00000000800. The minimum atomic E-state index is 0. The van der Waals surface area contributed by atoms with Gasteiger partial charge in [0.2, 0.25) is 0 Å². The molecule has 0 N–H and O–H groups in total. The maximum atomic E-state index is 3.76. The van der Waals surface area contributed by atoms with E-state index in [1.54, 1.807) is 0 Å². The van der Waals surface area contributed by atoms with Crippen molar-refractivity contribution >= 4 is 62.0 Å². The Bertz CT molecular complexity index is 253. The number of hydrogen-bond donors (Lipinski definition) is 0.